The first kappa shape index (κ1) is 25.3. The number of halogens is 1. The fraction of sp³-hybridized carbons (Fsp3) is 0.300. The molecule has 2 amide bonds. The van der Waals surface area contributed by atoms with Crippen molar-refractivity contribution < 1.29 is 4.79 Å². The smallest absolute Gasteiger partial charge is 0.324 e. The summed E-state index contributed by atoms with van der Waals surface area (Å²) in [7, 11) is 0. The van der Waals surface area contributed by atoms with Gasteiger partial charge in [0.2, 0.25) is 0 Å². The summed E-state index contributed by atoms with van der Waals surface area (Å²) in [6, 6.07) is 20.1. The lowest BCUT2D eigenvalue weighted by atomic mass is 9.91. The van der Waals surface area contributed by atoms with Gasteiger partial charge in [-0.1, -0.05) is 95.6 Å². The first-order chi connectivity index (χ1) is 16.6. The van der Waals surface area contributed by atoms with E-state index in [0.29, 0.717) is 10.9 Å². The van der Waals surface area contributed by atoms with Crippen LogP contribution in [0.1, 0.15) is 76.0 Å². The van der Waals surface area contributed by atoms with Gasteiger partial charge in [-0.05, 0) is 52.6 Å². The van der Waals surface area contributed by atoms with Gasteiger partial charge in [-0.15, -0.1) is 11.3 Å². The number of primary amides is 1. The molecule has 182 valence electrons. The molecule has 4 aromatic rings. The molecule has 35 heavy (non-hydrogen) atoms. The Balaban J connectivity index is 2.14. The average Bonchev–Trinajstić information content (AvgIpc) is 3.17. The molecule has 5 heteroatoms. The number of thiophene rings is 1. The number of amides is 2. The highest BCUT2D eigenvalue weighted by Gasteiger charge is 2.30. The molecule has 4 rings (SSSR count). The second-order valence-electron chi connectivity index (χ2n) is 9.94. The molecule has 0 atom stereocenters. The third-order valence-electron chi connectivity index (χ3n) is 6.49. The van der Waals surface area contributed by atoms with Crippen LogP contribution >= 0.6 is 22.9 Å². The number of carbonyl (C=O) groups is 1. The number of anilines is 2. The summed E-state index contributed by atoms with van der Waals surface area (Å²) in [5, 5.41) is 2.54. The summed E-state index contributed by atoms with van der Waals surface area (Å²) in [6.45, 7) is 13.0. The number of nitrogens with zero attached hydrogens (tertiary/aromatic N) is 1. The predicted molar refractivity (Wildman–Crippen MR) is 153 cm³/mol. The first-order valence-corrected chi connectivity index (χ1v) is 13.3. The third-order valence-corrected chi connectivity index (χ3v) is 7.98. The molecule has 0 unspecified atom stereocenters. The molecule has 3 nitrogen and oxygen atoms in total. The Hall–Kier alpha value is -2.82. The van der Waals surface area contributed by atoms with E-state index in [2.05, 4.69) is 77.9 Å². The summed E-state index contributed by atoms with van der Waals surface area (Å²) >= 11 is 8.34. The number of hydrogen-bond acceptors (Lipinski definition) is 2. The fourth-order valence-electron chi connectivity index (χ4n) is 4.62. The highest BCUT2D eigenvalue weighted by Crippen LogP contribution is 2.51. The normalized spacial score (nSPS) is 11.7. The zero-order chi connectivity index (χ0) is 25.4. The van der Waals surface area contributed by atoms with Crippen molar-refractivity contribution in [2.24, 2.45) is 5.73 Å². The highest BCUT2D eigenvalue weighted by atomic mass is 35.5. The molecular weight excluding hydrogens is 472 g/mol. The van der Waals surface area contributed by atoms with Crippen molar-refractivity contribution in [3.8, 4) is 11.1 Å². The van der Waals surface area contributed by atoms with Gasteiger partial charge in [0.25, 0.3) is 0 Å². The van der Waals surface area contributed by atoms with Crippen molar-refractivity contribution in [2.45, 2.75) is 59.3 Å². The van der Waals surface area contributed by atoms with Crippen LogP contribution in [0.3, 0.4) is 0 Å². The van der Waals surface area contributed by atoms with Crippen LogP contribution in [0.2, 0.25) is 5.02 Å². The molecule has 3 aromatic carbocycles. The molecule has 0 saturated carbocycles. The Morgan fingerprint density at radius 2 is 1.49 bits per heavy atom. The van der Waals surface area contributed by atoms with Crippen LogP contribution in [0.25, 0.3) is 21.2 Å². The zero-order valence-corrected chi connectivity index (χ0v) is 22.8. The molecule has 0 bridgehead atoms. The number of nitrogens with two attached hydrogens (primary N) is 1. The maximum atomic E-state index is 13.3. The molecule has 0 saturated heterocycles. The van der Waals surface area contributed by atoms with Crippen LogP contribution < -0.4 is 10.6 Å². The molecule has 0 spiro atoms. The SMILES string of the molecule is CC(C)c1ccc2sc(N(C(N)=O)c3c(C(C)C)cccc3C(C)C)c(-c3ccccc3Cl)c2c1. The molecule has 1 aromatic heterocycles. The van der Waals surface area contributed by atoms with E-state index in [4.69, 9.17) is 17.3 Å². The minimum Gasteiger partial charge on any atom is -0.351 e. The summed E-state index contributed by atoms with van der Waals surface area (Å²) in [6.07, 6.45) is 0. The van der Waals surface area contributed by atoms with E-state index in [0.717, 1.165) is 43.0 Å². The lowest BCUT2D eigenvalue weighted by molar-refractivity contribution is 0.256. The maximum absolute atomic E-state index is 13.3. The van der Waals surface area contributed by atoms with E-state index in [1.807, 2.05) is 24.3 Å². The number of fused-ring (bicyclic) bond motifs is 1. The van der Waals surface area contributed by atoms with E-state index >= 15 is 0 Å². The Bertz CT molecular complexity index is 1360. The van der Waals surface area contributed by atoms with Crippen molar-refractivity contribution in [3.63, 3.8) is 0 Å². The number of carbonyl (C=O) groups excluding carboxylic acids is 1. The standard InChI is InChI=1S/C30H33ClN2OS/c1-17(2)20-14-15-26-24(16-20)27(23-10-7-8-13-25(23)31)29(35-26)33(30(32)34)28-21(18(3)4)11-9-12-22(28)19(5)6/h7-19H,1-6H3,(H2,32,34). The fourth-order valence-corrected chi connectivity index (χ4v) is 6.07. The van der Waals surface area contributed by atoms with Crippen LogP contribution in [0.4, 0.5) is 15.5 Å². The number of para-hydroxylation sites is 1. The predicted octanol–water partition coefficient (Wildman–Crippen LogP) is 9.81. The second-order valence-corrected chi connectivity index (χ2v) is 11.4. The van der Waals surface area contributed by atoms with Gasteiger partial charge >= 0.3 is 6.03 Å². The largest absolute Gasteiger partial charge is 0.351 e. The Morgan fingerprint density at radius 3 is 2.03 bits per heavy atom. The molecular formula is C30H33ClN2OS. The van der Waals surface area contributed by atoms with E-state index in [9.17, 15) is 4.79 Å². The molecule has 0 aliphatic rings. The number of rotatable bonds is 6. The van der Waals surface area contributed by atoms with Crippen molar-refractivity contribution in [3.05, 3.63) is 82.4 Å². The van der Waals surface area contributed by atoms with Gasteiger partial charge in [0, 0.05) is 26.2 Å². The molecule has 2 N–H and O–H groups in total. The first-order valence-electron chi connectivity index (χ1n) is 12.2. The number of benzene rings is 3. The summed E-state index contributed by atoms with van der Waals surface area (Å²) in [4.78, 5) is 15.0. The monoisotopic (exact) mass is 504 g/mol. The maximum Gasteiger partial charge on any atom is 0.324 e. The second kappa shape index (κ2) is 10.0. The molecule has 0 aliphatic carbocycles. The molecule has 0 aliphatic heterocycles. The minimum absolute atomic E-state index is 0.219. The van der Waals surface area contributed by atoms with Crippen LogP contribution in [-0.2, 0) is 0 Å². The molecule has 0 fully saturated rings. The van der Waals surface area contributed by atoms with Gasteiger partial charge in [-0.25, -0.2) is 4.79 Å². The zero-order valence-electron chi connectivity index (χ0n) is 21.2. The average molecular weight is 505 g/mol. The van der Waals surface area contributed by atoms with Gasteiger partial charge in [-0.2, -0.15) is 0 Å². The summed E-state index contributed by atoms with van der Waals surface area (Å²) in [5.74, 6) is 0.816. The van der Waals surface area contributed by atoms with E-state index in [-0.39, 0.29) is 11.8 Å². The van der Waals surface area contributed by atoms with E-state index < -0.39 is 6.03 Å². The lowest BCUT2D eigenvalue weighted by Crippen LogP contribution is -2.33. The Morgan fingerprint density at radius 1 is 0.857 bits per heavy atom. The minimum atomic E-state index is -0.496. The lowest BCUT2D eigenvalue weighted by Gasteiger charge is -2.29. The topological polar surface area (TPSA) is 46.3 Å². The van der Waals surface area contributed by atoms with Gasteiger partial charge in [0.1, 0.15) is 5.00 Å². The van der Waals surface area contributed by atoms with Crippen molar-refractivity contribution in [1.29, 1.82) is 0 Å². The van der Waals surface area contributed by atoms with Gasteiger partial charge in [-0.3, -0.25) is 4.90 Å². The van der Waals surface area contributed by atoms with E-state index in [1.54, 1.807) is 16.2 Å². The number of hydrogen-bond donors (Lipinski definition) is 1. The molecule has 1 heterocycles. The van der Waals surface area contributed by atoms with Crippen molar-refractivity contribution in [1.82, 2.24) is 0 Å². The Kier molecular flexibility index (Phi) is 7.25. The van der Waals surface area contributed by atoms with Crippen LogP contribution in [-0.4, -0.2) is 6.03 Å². The van der Waals surface area contributed by atoms with Crippen molar-refractivity contribution in [2.75, 3.05) is 4.90 Å². The summed E-state index contributed by atoms with van der Waals surface area (Å²) in [5.41, 5.74) is 12.4. The van der Waals surface area contributed by atoms with Gasteiger partial charge in [0.05, 0.1) is 5.69 Å². The molecule has 0 radical (unpaired) electrons. The van der Waals surface area contributed by atoms with Crippen molar-refractivity contribution >= 4 is 49.7 Å². The highest BCUT2D eigenvalue weighted by molar-refractivity contribution is 7.23. The third kappa shape index (κ3) is 4.70. The van der Waals surface area contributed by atoms with Gasteiger partial charge < -0.3 is 5.73 Å². The van der Waals surface area contributed by atoms with Gasteiger partial charge in [0.15, 0.2) is 0 Å². The quantitative estimate of drug-likeness (QED) is 0.279. The number of urea groups is 1. The van der Waals surface area contributed by atoms with Crippen LogP contribution in [0.5, 0.6) is 0 Å². The van der Waals surface area contributed by atoms with Crippen LogP contribution in [0.15, 0.2) is 60.7 Å². The Labute approximate surface area is 217 Å². The van der Waals surface area contributed by atoms with E-state index in [1.165, 1.54) is 5.56 Å². The van der Waals surface area contributed by atoms with Crippen LogP contribution in [0, 0.1) is 0 Å². The summed E-state index contributed by atoms with van der Waals surface area (Å²) < 4.78 is 1.10.